The van der Waals surface area contributed by atoms with E-state index in [1.54, 1.807) is 24.3 Å². The Hall–Kier alpha value is -2.55. The molecule has 0 aliphatic heterocycles. The molecule has 8 nitrogen and oxygen atoms in total. The maximum atomic E-state index is 12.0. The maximum absolute atomic E-state index is 12.0. The van der Waals surface area contributed by atoms with Crippen LogP contribution in [-0.4, -0.2) is 38.3 Å². The molecule has 110 valence electrons. The van der Waals surface area contributed by atoms with Crippen molar-refractivity contribution in [1.82, 2.24) is 25.5 Å². The third kappa shape index (κ3) is 3.96. The van der Waals surface area contributed by atoms with Crippen LogP contribution in [0.3, 0.4) is 0 Å². The summed E-state index contributed by atoms with van der Waals surface area (Å²) < 4.78 is 5.06. The highest BCUT2D eigenvalue weighted by Crippen LogP contribution is 2.12. The van der Waals surface area contributed by atoms with Gasteiger partial charge in [0.15, 0.2) is 5.11 Å². The lowest BCUT2D eigenvalue weighted by molar-refractivity contribution is 0.0977. The van der Waals surface area contributed by atoms with Gasteiger partial charge in [0.25, 0.3) is 11.9 Å². The molecule has 1 aromatic carbocycles. The van der Waals surface area contributed by atoms with E-state index in [9.17, 15) is 4.79 Å². The summed E-state index contributed by atoms with van der Waals surface area (Å²) in [7, 11) is 1.53. The number of nitrogens with zero attached hydrogens (tertiary/aromatic N) is 4. The molecule has 1 aromatic heterocycles. The van der Waals surface area contributed by atoms with E-state index in [1.807, 2.05) is 6.92 Å². The van der Waals surface area contributed by atoms with Gasteiger partial charge >= 0.3 is 0 Å². The van der Waals surface area contributed by atoms with Gasteiger partial charge in [0.2, 0.25) is 0 Å². The molecule has 1 heterocycles. The number of ether oxygens (including phenoxy) is 1. The van der Waals surface area contributed by atoms with E-state index < -0.39 is 0 Å². The van der Waals surface area contributed by atoms with E-state index in [0.29, 0.717) is 17.9 Å². The Morgan fingerprint density at radius 1 is 1.48 bits per heavy atom. The Morgan fingerprint density at radius 2 is 2.29 bits per heavy atom. The number of aromatic nitrogens is 4. The first kappa shape index (κ1) is 14.9. The summed E-state index contributed by atoms with van der Waals surface area (Å²) >= 11 is 5.03. The topological polar surface area (TPSA) is 94.0 Å². The molecular weight excluding hydrogens is 292 g/mol. The summed E-state index contributed by atoms with van der Waals surface area (Å²) in [6, 6.07) is 6.74. The number of rotatable bonds is 4. The number of hydrogen-bond acceptors (Lipinski definition) is 6. The number of thiocarbonyl (C=S) groups is 1. The molecule has 0 bridgehead atoms. The maximum Gasteiger partial charge on any atom is 0.269 e. The van der Waals surface area contributed by atoms with Crippen molar-refractivity contribution in [2.75, 3.05) is 12.4 Å². The molecule has 2 rings (SSSR count). The highest BCUT2D eigenvalue weighted by Gasteiger charge is 2.10. The number of amides is 1. The molecule has 21 heavy (non-hydrogen) atoms. The van der Waals surface area contributed by atoms with E-state index in [4.69, 9.17) is 17.0 Å². The molecular formula is C12H14N6O2S. The third-order valence-corrected chi connectivity index (χ3v) is 2.72. The number of aryl methyl sites for hydroxylation is 1. The summed E-state index contributed by atoms with van der Waals surface area (Å²) in [5, 5.41) is 16.8. The average Bonchev–Trinajstić information content (AvgIpc) is 2.94. The van der Waals surface area contributed by atoms with Gasteiger partial charge in [-0.05, 0) is 42.6 Å². The minimum atomic E-state index is -0.353. The number of nitrogens with one attached hydrogen (secondary N) is 2. The second kappa shape index (κ2) is 6.75. The average molecular weight is 306 g/mol. The van der Waals surface area contributed by atoms with Crippen LogP contribution in [0.15, 0.2) is 24.3 Å². The van der Waals surface area contributed by atoms with Crippen LogP contribution in [0.2, 0.25) is 0 Å². The Labute approximate surface area is 126 Å². The van der Waals surface area contributed by atoms with E-state index in [0.717, 1.165) is 0 Å². The first-order chi connectivity index (χ1) is 10.1. The summed E-state index contributed by atoms with van der Waals surface area (Å²) in [5.41, 5.74) is 0.434. The number of anilines is 1. The summed E-state index contributed by atoms with van der Waals surface area (Å²) in [4.78, 5) is 13.4. The fourth-order valence-electron chi connectivity index (χ4n) is 1.50. The van der Waals surface area contributed by atoms with Gasteiger partial charge in [-0.3, -0.25) is 15.4 Å². The van der Waals surface area contributed by atoms with E-state index in [1.165, 1.54) is 11.9 Å². The van der Waals surface area contributed by atoms with Gasteiger partial charge < -0.3 is 4.74 Å². The third-order valence-electron chi connectivity index (χ3n) is 2.52. The van der Waals surface area contributed by atoms with Crippen LogP contribution >= 0.6 is 12.2 Å². The normalized spacial score (nSPS) is 10.0. The van der Waals surface area contributed by atoms with Gasteiger partial charge in [-0.1, -0.05) is 11.2 Å². The Morgan fingerprint density at radius 3 is 2.95 bits per heavy atom. The van der Waals surface area contributed by atoms with Crippen molar-refractivity contribution in [3.63, 3.8) is 0 Å². The number of hydrogen-bond donors (Lipinski definition) is 2. The van der Waals surface area contributed by atoms with Gasteiger partial charge in [0.05, 0.1) is 13.7 Å². The molecule has 0 aliphatic carbocycles. The zero-order chi connectivity index (χ0) is 15.2. The molecule has 0 atom stereocenters. The molecule has 0 saturated carbocycles. The molecule has 0 spiro atoms. The highest BCUT2D eigenvalue weighted by molar-refractivity contribution is 7.80. The van der Waals surface area contributed by atoms with Crippen molar-refractivity contribution in [3.8, 4) is 5.75 Å². The van der Waals surface area contributed by atoms with Crippen molar-refractivity contribution in [2.45, 2.75) is 13.5 Å². The number of benzene rings is 1. The Bertz CT molecular complexity index is 657. The molecule has 2 aromatic rings. The summed E-state index contributed by atoms with van der Waals surface area (Å²) in [5.74, 6) is 0.469. The molecule has 0 fully saturated rings. The van der Waals surface area contributed by atoms with Crippen LogP contribution in [-0.2, 0) is 6.54 Å². The zero-order valence-electron chi connectivity index (χ0n) is 11.5. The lowest BCUT2D eigenvalue weighted by Gasteiger charge is -2.07. The van der Waals surface area contributed by atoms with Crippen molar-refractivity contribution in [3.05, 3.63) is 29.8 Å². The van der Waals surface area contributed by atoms with E-state index in [-0.39, 0.29) is 17.0 Å². The van der Waals surface area contributed by atoms with Crippen LogP contribution in [0.4, 0.5) is 5.95 Å². The molecule has 2 N–H and O–H groups in total. The van der Waals surface area contributed by atoms with Crippen LogP contribution in [0.5, 0.6) is 5.75 Å². The predicted molar refractivity (Wildman–Crippen MR) is 80.2 cm³/mol. The van der Waals surface area contributed by atoms with Crippen molar-refractivity contribution in [1.29, 1.82) is 0 Å². The second-order valence-corrected chi connectivity index (χ2v) is 4.35. The number of methoxy groups -OCH3 is 1. The van der Waals surface area contributed by atoms with Crippen LogP contribution in [0, 0.1) is 0 Å². The molecule has 0 radical (unpaired) electrons. The van der Waals surface area contributed by atoms with Gasteiger partial charge in [-0.2, -0.15) is 4.80 Å². The lowest BCUT2D eigenvalue weighted by atomic mass is 10.2. The van der Waals surface area contributed by atoms with Crippen molar-refractivity contribution in [2.24, 2.45) is 0 Å². The fraction of sp³-hybridized carbons (Fsp3) is 0.250. The largest absolute Gasteiger partial charge is 0.497 e. The minimum Gasteiger partial charge on any atom is -0.497 e. The lowest BCUT2D eigenvalue weighted by Crippen LogP contribution is -2.34. The predicted octanol–water partition coefficient (Wildman–Crippen LogP) is 0.828. The molecule has 0 saturated heterocycles. The molecule has 0 unspecified atom stereocenters. The summed E-state index contributed by atoms with van der Waals surface area (Å²) in [6.45, 7) is 2.48. The molecule has 0 aliphatic rings. The monoisotopic (exact) mass is 306 g/mol. The Kier molecular flexibility index (Phi) is 4.77. The quantitative estimate of drug-likeness (QED) is 0.808. The minimum absolute atomic E-state index is 0.0958. The number of tetrazole rings is 1. The SMILES string of the molecule is CCn1nnc(NC(=S)NC(=O)c2cccc(OC)c2)n1. The van der Waals surface area contributed by atoms with Gasteiger partial charge in [0.1, 0.15) is 5.75 Å². The van der Waals surface area contributed by atoms with Gasteiger partial charge in [-0.15, -0.1) is 5.10 Å². The highest BCUT2D eigenvalue weighted by atomic mass is 32.1. The molecule has 1 amide bonds. The Balaban J connectivity index is 1.96. The van der Waals surface area contributed by atoms with Crippen LogP contribution < -0.4 is 15.4 Å². The van der Waals surface area contributed by atoms with Crippen LogP contribution in [0.1, 0.15) is 17.3 Å². The number of carbonyl (C=O) groups is 1. The zero-order valence-corrected chi connectivity index (χ0v) is 12.3. The van der Waals surface area contributed by atoms with E-state index >= 15 is 0 Å². The smallest absolute Gasteiger partial charge is 0.269 e. The summed E-state index contributed by atoms with van der Waals surface area (Å²) in [6.07, 6.45) is 0. The first-order valence-corrected chi connectivity index (χ1v) is 6.57. The first-order valence-electron chi connectivity index (χ1n) is 6.16. The van der Waals surface area contributed by atoms with E-state index in [2.05, 4.69) is 26.0 Å². The van der Waals surface area contributed by atoms with Crippen molar-refractivity contribution >= 4 is 29.2 Å². The van der Waals surface area contributed by atoms with Crippen molar-refractivity contribution < 1.29 is 9.53 Å². The van der Waals surface area contributed by atoms with Gasteiger partial charge in [-0.25, -0.2) is 0 Å². The van der Waals surface area contributed by atoms with Gasteiger partial charge in [0, 0.05) is 5.56 Å². The number of carbonyl (C=O) groups excluding carboxylic acids is 1. The van der Waals surface area contributed by atoms with Crippen LogP contribution in [0.25, 0.3) is 0 Å². The molecule has 9 heteroatoms. The second-order valence-electron chi connectivity index (χ2n) is 3.94. The fourth-order valence-corrected chi connectivity index (χ4v) is 1.68. The standard InChI is InChI=1S/C12H14N6O2S/c1-3-18-16-11(15-17-18)14-12(21)13-10(19)8-5-4-6-9(7-8)20-2/h4-7H,3H2,1-2H3,(H2,13,14,16,19,21).